The number of furan rings is 1. The number of aliphatic imine (C=N–C) groups is 1. The average Bonchev–Trinajstić information content (AvgIpc) is 2.36. The molecule has 0 aliphatic rings. The van der Waals surface area contributed by atoms with Gasteiger partial charge >= 0.3 is 0 Å². The smallest absolute Gasteiger partial charge is 0.265 e. The third-order valence-electron chi connectivity index (χ3n) is 1.45. The number of hydrogen-bond acceptors (Lipinski definition) is 3. The Morgan fingerprint density at radius 2 is 2.33 bits per heavy atom. The molecule has 0 saturated heterocycles. The van der Waals surface area contributed by atoms with Crippen molar-refractivity contribution in [3.8, 4) is 0 Å². The summed E-state index contributed by atoms with van der Waals surface area (Å²) in [5.41, 5.74) is 0. The van der Waals surface area contributed by atoms with Crippen LogP contribution in [0.25, 0.3) is 0 Å². The lowest BCUT2D eigenvalue weighted by atomic mass is 10.2. The Labute approximate surface area is 68.9 Å². The topological polar surface area (TPSA) is 42.6 Å². The highest BCUT2D eigenvalue weighted by atomic mass is 19.1. The van der Waals surface area contributed by atoms with Gasteiger partial charge in [-0.25, -0.2) is 9.18 Å². The maximum atomic E-state index is 13.3. The van der Waals surface area contributed by atoms with Crippen molar-refractivity contribution in [3.05, 3.63) is 23.7 Å². The van der Waals surface area contributed by atoms with Crippen molar-refractivity contribution < 1.29 is 13.6 Å². The molecular formula is C8H8FNO2. The summed E-state index contributed by atoms with van der Waals surface area (Å²) in [5, 5.41) is 0. The van der Waals surface area contributed by atoms with Crippen LogP contribution in [0.2, 0.25) is 0 Å². The molecule has 1 unspecified atom stereocenters. The third-order valence-corrected chi connectivity index (χ3v) is 1.45. The third kappa shape index (κ3) is 1.60. The molecule has 0 amide bonds. The second-order valence-electron chi connectivity index (χ2n) is 2.57. The predicted octanol–water partition coefficient (Wildman–Crippen LogP) is 2.07. The second kappa shape index (κ2) is 2.91. The van der Waals surface area contributed by atoms with Gasteiger partial charge < -0.3 is 4.42 Å². The van der Waals surface area contributed by atoms with Crippen LogP contribution in [0.3, 0.4) is 0 Å². The molecule has 1 atom stereocenters. The Kier molecular flexibility index (Phi) is 2.11. The summed E-state index contributed by atoms with van der Waals surface area (Å²) in [6.07, 6.45) is 1.16. The summed E-state index contributed by atoms with van der Waals surface area (Å²) in [7, 11) is 0. The Morgan fingerprint density at radius 1 is 1.67 bits per heavy atom. The van der Waals surface area contributed by atoms with Crippen LogP contribution in [-0.4, -0.2) is 6.08 Å². The lowest BCUT2D eigenvalue weighted by molar-refractivity contribution is 0.163. The Balaban J connectivity index is 3.04. The van der Waals surface area contributed by atoms with E-state index >= 15 is 0 Å². The van der Waals surface area contributed by atoms with Crippen LogP contribution in [-0.2, 0) is 10.6 Å². The molecule has 0 aliphatic heterocycles. The Morgan fingerprint density at radius 3 is 2.75 bits per heavy atom. The molecule has 0 spiro atoms. The van der Waals surface area contributed by atoms with Gasteiger partial charge in [0, 0.05) is 0 Å². The molecule has 64 valence electrons. The van der Waals surface area contributed by atoms with Gasteiger partial charge in [-0.05, 0) is 26.0 Å². The minimum atomic E-state index is -2.10. The monoisotopic (exact) mass is 169 g/mol. The van der Waals surface area contributed by atoms with Crippen LogP contribution in [0, 0.1) is 6.92 Å². The van der Waals surface area contributed by atoms with E-state index in [1.807, 2.05) is 0 Å². The summed E-state index contributed by atoms with van der Waals surface area (Å²) >= 11 is 0. The van der Waals surface area contributed by atoms with Crippen molar-refractivity contribution in [2.45, 2.75) is 19.6 Å². The summed E-state index contributed by atoms with van der Waals surface area (Å²) < 4.78 is 18.3. The SMILES string of the molecule is Cc1ccc(C(C)(F)N=C=O)o1. The van der Waals surface area contributed by atoms with Gasteiger partial charge in [0.25, 0.3) is 5.79 Å². The summed E-state index contributed by atoms with van der Waals surface area (Å²) in [6.45, 7) is 2.82. The van der Waals surface area contributed by atoms with E-state index in [1.165, 1.54) is 6.07 Å². The van der Waals surface area contributed by atoms with Crippen molar-refractivity contribution in [1.29, 1.82) is 0 Å². The van der Waals surface area contributed by atoms with Gasteiger partial charge in [0.05, 0.1) is 0 Å². The van der Waals surface area contributed by atoms with E-state index in [2.05, 4.69) is 4.99 Å². The van der Waals surface area contributed by atoms with Crippen LogP contribution in [0.1, 0.15) is 18.4 Å². The molecule has 0 fully saturated rings. The number of halogens is 1. The highest BCUT2D eigenvalue weighted by Gasteiger charge is 2.28. The van der Waals surface area contributed by atoms with Crippen molar-refractivity contribution in [1.82, 2.24) is 0 Å². The molecule has 1 rings (SSSR count). The summed E-state index contributed by atoms with van der Waals surface area (Å²) in [6, 6.07) is 3.05. The number of nitrogens with zero attached hydrogens (tertiary/aromatic N) is 1. The first-order valence-electron chi connectivity index (χ1n) is 3.41. The van der Waals surface area contributed by atoms with Crippen LogP contribution in [0.5, 0.6) is 0 Å². The Bertz CT molecular complexity index is 324. The van der Waals surface area contributed by atoms with Crippen molar-refractivity contribution in [2.75, 3.05) is 0 Å². The van der Waals surface area contributed by atoms with E-state index < -0.39 is 5.79 Å². The van der Waals surface area contributed by atoms with E-state index in [0.717, 1.165) is 13.0 Å². The molecule has 0 N–H and O–H groups in total. The van der Waals surface area contributed by atoms with Gasteiger partial charge in [0.15, 0.2) is 5.76 Å². The lowest BCUT2D eigenvalue weighted by Gasteiger charge is -2.08. The van der Waals surface area contributed by atoms with E-state index in [4.69, 9.17) is 4.42 Å². The minimum Gasteiger partial charge on any atom is -0.461 e. The zero-order valence-corrected chi connectivity index (χ0v) is 6.80. The molecule has 3 nitrogen and oxygen atoms in total. The second-order valence-corrected chi connectivity index (χ2v) is 2.57. The average molecular weight is 169 g/mol. The van der Waals surface area contributed by atoms with Crippen LogP contribution >= 0.6 is 0 Å². The molecule has 4 heteroatoms. The van der Waals surface area contributed by atoms with Gasteiger partial charge in [-0.15, -0.1) is 0 Å². The molecule has 0 saturated carbocycles. The molecule has 0 aliphatic carbocycles. The lowest BCUT2D eigenvalue weighted by Crippen LogP contribution is -2.09. The quantitative estimate of drug-likeness (QED) is 0.386. The molecule has 1 aromatic heterocycles. The zero-order chi connectivity index (χ0) is 9.19. The highest BCUT2D eigenvalue weighted by molar-refractivity contribution is 5.35. The van der Waals surface area contributed by atoms with Crippen LogP contribution < -0.4 is 0 Å². The summed E-state index contributed by atoms with van der Waals surface area (Å²) in [4.78, 5) is 12.8. The first-order valence-corrected chi connectivity index (χ1v) is 3.41. The molecule has 1 heterocycles. The predicted molar refractivity (Wildman–Crippen MR) is 40.0 cm³/mol. The molecule has 1 aromatic rings. The standard InChI is InChI=1S/C8H8FNO2/c1-6-3-4-7(12-6)8(2,9)10-5-11/h3-4H,1-2H3. The fourth-order valence-electron chi connectivity index (χ4n) is 0.821. The van der Waals surface area contributed by atoms with Gasteiger partial charge in [0.2, 0.25) is 6.08 Å². The first kappa shape index (κ1) is 8.68. The molecule has 0 aromatic carbocycles. The van der Waals surface area contributed by atoms with Crippen LogP contribution in [0.15, 0.2) is 21.5 Å². The molecular weight excluding hydrogens is 161 g/mol. The fraction of sp³-hybridized carbons (Fsp3) is 0.375. The number of carbonyl (C=O) groups excluding carboxylic acids is 1. The number of isocyanates is 1. The van der Waals surface area contributed by atoms with E-state index in [1.54, 1.807) is 13.0 Å². The van der Waals surface area contributed by atoms with Gasteiger partial charge in [0.1, 0.15) is 5.76 Å². The number of rotatable bonds is 2. The first-order chi connectivity index (χ1) is 5.56. The van der Waals surface area contributed by atoms with E-state index in [-0.39, 0.29) is 5.76 Å². The van der Waals surface area contributed by atoms with Gasteiger partial charge in [-0.3, -0.25) is 0 Å². The largest absolute Gasteiger partial charge is 0.461 e. The summed E-state index contributed by atoms with van der Waals surface area (Å²) in [5.74, 6) is -1.51. The fourth-order valence-corrected chi connectivity index (χ4v) is 0.821. The highest BCUT2D eigenvalue weighted by Crippen LogP contribution is 2.27. The minimum absolute atomic E-state index is 0.0170. The zero-order valence-electron chi connectivity index (χ0n) is 6.80. The van der Waals surface area contributed by atoms with Gasteiger partial charge in [-0.2, -0.15) is 4.99 Å². The van der Waals surface area contributed by atoms with Crippen molar-refractivity contribution in [2.24, 2.45) is 4.99 Å². The van der Waals surface area contributed by atoms with Crippen molar-refractivity contribution >= 4 is 6.08 Å². The maximum Gasteiger partial charge on any atom is 0.265 e. The maximum absolute atomic E-state index is 13.3. The van der Waals surface area contributed by atoms with Crippen molar-refractivity contribution in [3.63, 3.8) is 0 Å². The Hall–Kier alpha value is -1.41. The molecule has 0 bridgehead atoms. The van der Waals surface area contributed by atoms with E-state index in [9.17, 15) is 9.18 Å². The number of hydrogen-bond donors (Lipinski definition) is 0. The number of alkyl halides is 1. The van der Waals surface area contributed by atoms with Gasteiger partial charge in [-0.1, -0.05) is 0 Å². The molecule has 0 radical (unpaired) electrons. The van der Waals surface area contributed by atoms with E-state index in [0.29, 0.717) is 5.76 Å². The normalized spacial score (nSPS) is 14.9. The molecule has 12 heavy (non-hydrogen) atoms. The number of aryl methyl sites for hydroxylation is 1. The van der Waals surface area contributed by atoms with Crippen LogP contribution in [0.4, 0.5) is 4.39 Å².